The van der Waals surface area contributed by atoms with Gasteiger partial charge in [-0.1, -0.05) is 18.7 Å². The summed E-state index contributed by atoms with van der Waals surface area (Å²) in [5.74, 6) is 0.865. The third-order valence-electron chi connectivity index (χ3n) is 3.05. The third kappa shape index (κ3) is 2.01. The Kier molecular flexibility index (Phi) is 3.58. The maximum absolute atomic E-state index is 12.3. The second kappa shape index (κ2) is 4.88. The highest BCUT2D eigenvalue weighted by molar-refractivity contribution is 7.99. The fourth-order valence-corrected chi connectivity index (χ4v) is 2.96. The Bertz CT molecular complexity index is 739. The molecule has 19 heavy (non-hydrogen) atoms. The summed E-state index contributed by atoms with van der Waals surface area (Å²) >= 11 is 1.57. The minimum absolute atomic E-state index is 0.115. The molecule has 0 fully saturated rings. The van der Waals surface area contributed by atoms with E-state index in [-0.39, 0.29) is 17.3 Å². The molecule has 0 atom stereocenters. The van der Waals surface area contributed by atoms with E-state index in [9.17, 15) is 9.59 Å². The van der Waals surface area contributed by atoms with Crippen LogP contribution in [0.15, 0.2) is 14.7 Å². The highest BCUT2D eigenvalue weighted by Crippen LogP contribution is 2.24. The van der Waals surface area contributed by atoms with Gasteiger partial charge in [0.15, 0.2) is 16.3 Å². The average Bonchev–Trinajstić information content (AvgIpc) is 2.74. The molecule has 0 aliphatic rings. The van der Waals surface area contributed by atoms with Gasteiger partial charge in [0.2, 0.25) is 0 Å². The van der Waals surface area contributed by atoms with Crippen molar-refractivity contribution in [1.29, 1.82) is 0 Å². The maximum Gasteiger partial charge on any atom is 0.332 e. The Morgan fingerprint density at radius 2 is 1.84 bits per heavy atom. The summed E-state index contributed by atoms with van der Waals surface area (Å²) in [5, 5.41) is 0.783. The molecule has 6 nitrogen and oxygen atoms in total. The number of thioether (sulfide) groups is 1. The summed E-state index contributed by atoms with van der Waals surface area (Å²) in [5.41, 5.74) is 0.314. The summed E-state index contributed by atoms with van der Waals surface area (Å²) in [7, 11) is 3.14. The minimum Gasteiger partial charge on any atom is -0.311 e. The normalized spacial score (nSPS) is 11.7. The van der Waals surface area contributed by atoms with E-state index in [1.165, 1.54) is 11.6 Å². The van der Waals surface area contributed by atoms with Crippen LogP contribution < -0.4 is 11.2 Å². The topological polar surface area (TPSA) is 61.8 Å². The van der Waals surface area contributed by atoms with Crippen LogP contribution >= 0.6 is 11.8 Å². The van der Waals surface area contributed by atoms with Crippen molar-refractivity contribution in [3.05, 3.63) is 20.8 Å². The summed E-state index contributed by atoms with van der Waals surface area (Å²) < 4.78 is 4.46. The number of fused-ring (bicyclic) bond motifs is 1. The van der Waals surface area contributed by atoms with Gasteiger partial charge in [-0.25, -0.2) is 9.78 Å². The maximum atomic E-state index is 12.3. The fraction of sp³-hybridized carbons (Fsp3) is 0.583. The first-order valence-corrected chi connectivity index (χ1v) is 7.19. The molecule has 0 saturated heterocycles. The van der Waals surface area contributed by atoms with Crippen LogP contribution in [0.3, 0.4) is 0 Å². The number of aromatic nitrogens is 4. The lowest BCUT2D eigenvalue weighted by atomic mass is 10.4. The predicted molar refractivity (Wildman–Crippen MR) is 77.0 cm³/mol. The molecule has 0 bridgehead atoms. The second-order valence-electron chi connectivity index (χ2n) is 4.67. The molecule has 2 aromatic rings. The lowest BCUT2D eigenvalue weighted by Gasteiger charge is -2.12. The van der Waals surface area contributed by atoms with E-state index in [2.05, 4.69) is 4.98 Å². The van der Waals surface area contributed by atoms with E-state index in [1.807, 2.05) is 25.3 Å². The summed E-state index contributed by atoms with van der Waals surface area (Å²) in [6, 6.07) is 0.115. The molecular weight excluding hydrogens is 264 g/mol. The average molecular weight is 282 g/mol. The first-order chi connectivity index (χ1) is 8.90. The van der Waals surface area contributed by atoms with E-state index < -0.39 is 0 Å². The first kappa shape index (κ1) is 13.9. The molecule has 2 rings (SSSR count). The Hall–Kier alpha value is -1.50. The van der Waals surface area contributed by atoms with Gasteiger partial charge in [0.05, 0.1) is 0 Å². The highest BCUT2D eigenvalue weighted by atomic mass is 32.2. The molecule has 2 heterocycles. The van der Waals surface area contributed by atoms with E-state index in [1.54, 1.807) is 18.8 Å². The third-order valence-corrected chi connectivity index (χ3v) is 3.88. The highest BCUT2D eigenvalue weighted by Gasteiger charge is 2.20. The van der Waals surface area contributed by atoms with Gasteiger partial charge in [0.25, 0.3) is 5.56 Å². The van der Waals surface area contributed by atoms with Crippen molar-refractivity contribution in [3.8, 4) is 0 Å². The van der Waals surface area contributed by atoms with Gasteiger partial charge in [-0.05, 0) is 19.6 Å². The van der Waals surface area contributed by atoms with Crippen molar-refractivity contribution < 1.29 is 0 Å². The molecule has 0 aliphatic heterocycles. The zero-order valence-electron chi connectivity index (χ0n) is 11.8. The quantitative estimate of drug-likeness (QED) is 0.792. The van der Waals surface area contributed by atoms with Crippen molar-refractivity contribution in [1.82, 2.24) is 18.7 Å². The van der Waals surface area contributed by atoms with E-state index in [4.69, 9.17) is 0 Å². The zero-order chi connectivity index (χ0) is 14.3. The van der Waals surface area contributed by atoms with Crippen molar-refractivity contribution in [2.24, 2.45) is 14.1 Å². The molecule has 0 amide bonds. The number of aryl methyl sites for hydroxylation is 1. The lowest BCUT2D eigenvalue weighted by Crippen LogP contribution is -2.37. The molecule has 0 spiro atoms. The van der Waals surface area contributed by atoms with Crippen molar-refractivity contribution in [3.63, 3.8) is 0 Å². The number of nitrogens with zero attached hydrogens (tertiary/aromatic N) is 4. The van der Waals surface area contributed by atoms with Crippen LogP contribution in [0.5, 0.6) is 0 Å². The molecule has 0 unspecified atom stereocenters. The molecule has 0 N–H and O–H groups in total. The largest absolute Gasteiger partial charge is 0.332 e. The van der Waals surface area contributed by atoms with Gasteiger partial charge in [-0.2, -0.15) is 0 Å². The Morgan fingerprint density at radius 3 is 2.37 bits per heavy atom. The van der Waals surface area contributed by atoms with Crippen molar-refractivity contribution >= 4 is 22.9 Å². The van der Waals surface area contributed by atoms with Gasteiger partial charge in [-0.15, -0.1) is 0 Å². The van der Waals surface area contributed by atoms with Crippen LogP contribution in [0.1, 0.15) is 26.8 Å². The first-order valence-electron chi connectivity index (χ1n) is 6.20. The van der Waals surface area contributed by atoms with E-state index in [0.717, 1.165) is 15.5 Å². The predicted octanol–water partition coefficient (Wildman–Crippen LogP) is 1.13. The van der Waals surface area contributed by atoms with Gasteiger partial charge >= 0.3 is 5.69 Å². The molecule has 2 aromatic heterocycles. The van der Waals surface area contributed by atoms with E-state index in [0.29, 0.717) is 11.2 Å². The van der Waals surface area contributed by atoms with Crippen LogP contribution in [-0.4, -0.2) is 24.4 Å². The Labute approximate surface area is 115 Å². The molecular formula is C12H18N4O2S. The minimum atomic E-state index is -0.348. The van der Waals surface area contributed by atoms with Gasteiger partial charge in [0.1, 0.15) is 0 Å². The van der Waals surface area contributed by atoms with Crippen molar-refractivity contribution in [2.45, 2.75) is 32.0 Å². The molecule has 7 heteroatoms. The van der Waals surface area contributed by atoms with Gasteiger partial charge in [0, 0.05) is 20.1 Å². The SMILES string of the molecule is CCSc1nc2c(c(=O)n(C)c(=O)n2C)n1C(C)C. The summed E-state index contributed by atoms with van der Waals surface area (Å²) in [6.45, 7) is 6.04. The van der Waals surface area contributed by atoms with Crippen LogP contribution in [0, 0.1) is 0 Å². The van der Waals surface area contributed by atoms with Crippen molar-refractivity contribution in [2.75, 3.05) is 5.75 Å². The molecule has 0 saturated carbocycles. The molecule has 104 valence electrons. The lowest BCUT2D eigenvalue weighted by molar-refractivity contribution is 0.563. The number of hydrogen-bond donors (Lipinski definition) is 0. The van der Waals surface area contributed by atoms with Crippen LogP contribution in [-0.2, 0) is 14.1 Å². The van der Waals surface area contributed by atoms with Gasteiger partial charge < -0.3 is 4.57 Å². The standard InChI is InChI=1S/C12H18N4O2S/c1-6-19-11-13-9-8(16(11)7(2)3)10(17)15(5)12(18)14(9)4/h7H,6H2,1-5H3. The van der Waals surface area contributed by atoms with E-state index >= 15 is 0 Å². The second-order valence-corrected chi connectivity index (χ2v) is 5.90. The monoisotopic (exact) mass is 282 g/mol. The number of hydrogen-bond acceptors (Lipinski definition) is 4. The number of rotatable bonds is 3. The summed E-state index contributed by atoms with van der Waals surface area (Å²) in [6.07, 6.45) is 0. The zero-order valence-corrected chi connectivity index (χ0v) is 12.6. The summed E-state index contributed by atoms with van der Waals surface area (Å²) in [4.78, 5) is 28.7. The van der Waals surface area contributed by atoms with Gasteiger partial charge in [-0.3, -0.25) is 13.9 Å². The molecule has 0 aliphatic carbocycles. The number of imidazole rings is 1. The fourth-order valence-electron chi connectivity index (χ4n) is 2.10. The molecule has 0 aromatic carbocycles. The van der Waals surface area contributed by atoms with Crippen LogP contribution in [0.25, 0.3) is 11.2 Å². The Morgan fingerprint density at radius 1 is 1.21 bits per heavy atom. The smallest absolute Gasteiger partial charge is 0.311 e. The van der Waals surface area contributed by atoms with Crippen LogP contribution in [0.4, 0.5) is 0 Å². The Balaban J connectivity index is 3.01. The van der Waals surface area contributed by atoms with Crippen LogP contribution in [0.2, 0.25) is 0 Å². The molecule has 0 radical (unpaired) electrons.